The molecule has 2 aromatic carbocycles. The molecule has 0 radical (unpaired) electrons. The number of nitrogens with one attached hydrogen (secondary N) is 1. The Bertz CT molecular complexity index is 1540. The Balaban J connectivity index is 1.34. The standard InChI is InChI=1S/C30H38N4O6S2/c1-4-5-14-40-28(35)19-30(17-21-8-6-7-9-22(21)18-30)29(36)31-20-27-32-23-15-26(24(39-3)16-25(23)41-27)42(37,38)34-12-10-33(2)11-13-34/h6-9,15-16H,4-5,10-14,17-20H2,1-3H3,(H,31,36). The summed E-state index contributed by atoms with van der Waals surface area (Å²) in [7, 11) is -0.341. The van der Waals surface area contributed by atoms with E-state index >= 15 is 0 Å². The zero-order valence-electron chi connectivity index (χ0n) is 24.3. The van der Waals surface area contributed by atoms with Crippen LogP contribution < -0.4 is 10.1 Å². The number of carbonyl (C=O) groups excluding carboxylic acids is 2. The molecule has 0 spiro atoms. The molecule has 12 heteroatoms. The van der Waals surface area contributed by atoms with Crippen molar-refractivity contribution in [3.63, 3.8) is 0 Å². The number of likely N-dealkylation sites (N-methyl/N-ethyl adjacent to an activating group) is 1. The van der Waals surface area contributed by atoms with E-state index in [0.29, 0.717) is 56.2 Å². The quantitative estimate of drug-likeness (QED) is 0.258. The number of esters is 1. The molecule has 1 aliphatic heterocycles. The van der Waals surface area contributed by atoms with E-state index in [4.69, 9.17) is 9.47 Å². The lowest BCUT2D eigenvalue weighted by atomic mass is 9.80. The summed E-state index contributed by atoms with van der Waals surface area (Å²) in [5, 5.41) is 3.65. The van der Waals surface area contributed by atoms with Crippen molar-refractivity contribution in [3.05, 3.63) is 52.5 Å². The van der Waals surface area contributed by atoms with Gasteiger partial charge in [-0.2, -0.15) is 4.31 Å². The first-order chi connectivity index (χ1) is 20.1. The minimum atomic E-state index is -3.77. The van der Waals surface area contributed by atoms with Crippen LogP contribution in [0.5, 0.6) is 5.75 Å². The maximum absolute atomic E-state index is 13.7. The highest BCUT2D eigenvalue weighted by atomic mass is 32.2. The first-order valence-corrected chi connectivity index (χ1v) is 16.6. The minimum absolute atomic E-state index is 0.00177. The van der Waals surface area contributed by atoms with Gasteiger partial charge in [-0.25, -0.2) is 13.4 Å². The topological polar surface area (TPSA) is 118 Å². The summed E-state index contributed by atoms with van der Waals surface area (Å²) < 4.78 is 40.2. The van der Waals surface area contributed by atoms with Crippen molar-refractivity contribution in [1.29, 1.82) is 0 Å². The summed E-state index contributed by atoms with van der Waals surface area (Å²) >= 11 is 1.37. The monoisotopic (exact) mass is 614 g/mol. The van der Waals surface area contributed by atoms with Crippen LogP contribution in [0.4, 0.5) is 0 Å². The van der Waals surface area contributed by atoms with E-state index in [2.05, 4.69) is 15.2 Å². The van der Waals surface area contributed by atoms with Gasteiger partial charge >= 0.3 is 5.97 Å². The zero-order valence-corrected chi connectivity index (χ0v) is 26.0. The van der Waals surface area contributed by atoms with Crippen molar-refractivity contribution in [2.45, 2.75) is 50.5 Å². The molecule has 5 rings (SSSR count). The van der Waals surface area contributed by atoms with E-state index in [1.165, 1.54) is 22.8 Å². The van der Waals surface area contributed by atoms with Gasteiger partial charge in [-0.15, -0.1) is 11.3 Å². The second-order valence-electron chi connectivity index (χ2n) is 11.1. The molecular formula is C30H38N4O6S2. The van der Waals surface area contributed by atoms with Gasteiger partial charge in [-0.1, -0.05) is 37.6 Å². The van der Waals surface area contributed by atoms with E-state index in [1.54, 1.807) is 12.1 Å². The van der Waals surface area contributed by atoms with Gasteiger partial charge < -0.3 is 19.7 Å². The highest BCUT2D eigenvalue weighted by molar-refractivity contribution is 7.89. The SMILES string of the molecule is CCCCOC(=O)CC1(C(=O)NCc2nc3cc(S(=O)(=O)N4CCN(C)CC4)c(OC)cc3s2)Cc2ccccc2C1. The molecule has 3 aromatic rings. The third-order valence-corrected chi connectivity index (χ3v) is 11.0. The molecule has 1 fully saturated rings. The Labute approximate surface area is 251 Å². The van der Waals surface area contributed by atoms with E-state index in [0.717, 1.165) is 28.7 Å². The number of hydrogen-bond donors (Lipinski definition) is 1. The van der Waals surface area contributed by atoms with Crippen LogP contribution in [0.2, 0.25) is 0 Å². The lowest BCUT2D eigenvalue weighted by Gasteiger charge is -2.31. The molecular weight excluding hydrogens is 576 g/mol. The van der Waals surface area contributed by atoms with E-state index in [-0.39, 0.29) is 35.5 Å². The smallest absolute Gasteiger partial charge is 0.306 e. The van der Waals surface area contributed by atoms with E-state index in [9.17, 15) is 18.0 Å². The molecule has 226 valence electrons. The average molecular weight is 615 g/mol. The molecule has 0 atom stereocenters. The van der Waals surface area contributed by atoms with Crippen molar-refractivity contribution in [2.24, 2.45) is 5.41 Å². The van der Waals surface area contributed by atoms with Gasteiger partial charge in [0.25, 0.3) is 0 Å². The van der Waals surface area contributed by atoms with Crippen LogP contribution in [0, 0.1) is 5.41 Å². The molecule has 0 unspecified atom stereocenters. The Morgan fingerprint density at radius 2 is 1.79 bits per heavy atom. The number of nitrogens with zero attached hydrogens (tertiary/aromatic N) is 3. The van der Waals surface area contributed by atoms with Crippen LogP contribution >= 0.6 is 11.3 Å². The van der Waals surface area contributed by atoms with Crippen molar-refractivity contribution in [1.82, 2.24) is 19.5 Å². The number of rotatable bonds is 11. The summed E-state index contributed by atoms with van der Waals surface area (Å²) in [5.41, 5.74) is 1.72. The normalized spacial score (nSPS) is 17.2. The van der Waals surface area contributed by atoms with Crippen LogP contribution in [0.25, 0.3) is 10.2 Å². The molecule has 10 nitrogen and oxygen atoms in total. The van der Waals surface area contributed by atoms with E-state index < -0.39 is 15.4 Å². The van der Waals surface area contributed by atoms with E-state index in [1.807, 2.05) is 38.2 Å². The molecule has 1 amide bonds. The Morgan fingerprint density at radius 3 is 2.43 bits per heavy atom. The maximum Gasteiger partial charge on any atom is 0.306 e. The molecule has 2 aliphatic rings. The van der Waals surface area contributed by atoms with Gasteiger partial charge in [-0.3, -0.25) is 9.59 Å². The molecule has 1 saturated heterocycles. The molecule has 1 N–H and O–H groups in total. The van der Waals surface area contributed by atoms with Crippen LogP contribution in [0.15, 0.2) is 41.3 Å². The van der Waals surface area contributed by atoms with Gasteiger partial charge in [-0.05, 0) is 43.5 Å². The number of piperazine rings is 1. The second kappa shape index (κ2) is 12.7. The highest BCUT2D eigenvalue weighted by Gasteiger charge is 2.45. The summed E-state index contributed by atoms with van der Waals surface area (Å²) in [6.45, 7) is 4.67. The van der Waals surface area contributed by atoms with Crippen molar-refractivity contribution >= 4 is 43.5 Å². The maximum atomic E-state index is 13.7. The molecule has 42 heavy (non-hydrogen) atoms. The van der Waals surface area contributed by atoms with Gasteiger partial charge in [0.1, 0.15) is 15.7 Å². The second-order valence-corrected chi connectivity index (χ2v) is 14.1. The molecule has 1 aromatic heterocycles. The largest absolute Gasteiger partial charge is 0.495 e. The van der Waals surface area contributed by atoms with Crippen LogP contribution in [-0.4, -0.2) is 81.4 Å². The van der Waals surface area contributed by atoms with Crippen LogP contribution in [-0.2, 0) is 43.7 Å². The summed E-state index contributed by atoms with van der Waals surface area (Å²) in [6.07, 6.45) is 2.63. The number of thiazole rings is 1. The minimum Gasteiger partial charge on any atom is -0.495 e. The number of carbonyl (C=O) groups is 2. The number of methoxy groups -OCH3 is 1. The number of sulfonamides is 1. The third-order valence-electron chi connectivity index (χ3n) is 8.10. The summed E-state index contributed by atoms with van der Waals surface area (Å²) in [6, 6.07) is 11.1. The summed E-state index contributed by atoms with van der Waals surface area (Å²) in [4.78, 5) is 33.3. The van der Waals surface area contributed by atoms with Crippen molar-refractivity contribution in [3.8, 4) is 5.75 Å². The predicted molar refractivity (Wildman–Crippen MR) is 161 cm³/mol. The first kappa shape index (κ1) is 30.4. The predicted octanol–water partition coefficient (Wildman–Crippen LogP) is 3.38. The fraction of sp³-hybridized carbons (Fsp3) is 0.500. The average Bonchev–Trinajstić information content (AvgIpc) is 3.56. The van der Waals surface area contributed by atoms with Gasteiger partial charge in [0.2, 0.25) is 15.9 Å². The van der Waals surface area contributed by atoms with Gasteiger partial charge in [0, 0.05) is 32.2 Å². The Kier molecular flexibility index (Phi) is 9.17. The molecule has 0 saturated carbocycles. The van der Waals surface area contributed by atoms with Crippen molar-refractivity contribution in [2.75, 3.05) is 46.9 Å². The lowest BCUT2D eigenvalue weighted by Crippen LogP contribution is -2.47. The van der Waals surface area contributed by atoms with Crippen molar-refractivity contribution < 1.29 is 27.5 Å². The molecule has 0 bridgehead atoms. The van der Waals surface area contributed by atoms with Gasteiger partial charge in [0.05, 0.1) is 42.3 Å². The number of benzene rings is 2. The Hall–Kier alpha value is -3.06. The molecule has 1 aliphatic carbocycles. The Morgan fingerprint density at radius 1 is 1.10 bits per heavy atom. The number of hydrogen-bond acceptors (Lipinski definition) is 9. The van der Waals surface area contributed by atoms with Crippen LogP contribution in [0.3, 0.4) is 0 Å². The first-order valence-electron chi connectivity index (χ1n) is 14.3. The number of fused-ring (bicyclic) bond motifs is 2. The van der Waals surface area contributed by atoms with Gasteiger partial charge in [0.15, 0.2) is 0 Å². The fourth-order valence-electron chi connectivity index (χ4n) is 5.65. The zero-order chi connectivity index (χ0) is 29.9. The highest BCUT2D eigenvalue weighted by Crippen LogP contribution is 2.41. The molecule has 2 heterocycles. The van der Waals surface area contributed by atoms with Crippen LogP contribution in [0.1, 0.15) is 42.3 Å². The fourth-order valence-corrected chi connectivity index (χ4v) is 8.15. The lowest BCUT2D eigenvalue weighted by molar-refractivity contribution is -0.150. The third kappa shape index (κ3) is 6.31. The summed E-state index contributed by atoms with van der Waals surface area (Å²) in [5.74, 6) is -0.321. The number of aromatic nitrogens is 1. The number of ether oxygens (including phenoxy) is 2. The number of unbranched alkanes of at least 4 members (excludes halogenated alkanes) is 1. The number of amides is 1.